The van der Waals surface area contributed by atoms with Gasteiger partial charge >= 0.3 is 0 Å². The van der Waals surface area contributed by atoms with Gasteiger partial charge in [-0.1, -0.05) is 47.1 Å². The molecule has 0 unspecified atom stereocenters. The predicted molar refractivity (Wildman–Crippen MR) is 118 cm³/mol. The van der Waals surface area contributed by atoms with Gasteiger partial charge in [0.05, 0.1) is 0 Å². The molecule has 3 aromatic rings. The molecule has 0 atom stereocenters. The van der Waals surface area contributed by atoms with Gasteiger partial charge < -0.3 is 9.80 Å². The van der Waals surface area contributed by atoms with Gasteiger partial charge in [0.1, 0.15) is 10.8 Å². The number of aromatic nitrogens is 2. The van der Waals surface area contributed by atoms with Gasteiger partial charge in [0, 0.05) is 52.7 Å². The van der Waals surface area contributed by atoms with Gasteiger partial charge in [0.2, 0.25) is 0 Å². The topological polar surface area (TPSA) is 32.3 Å². The van der Waals surface area contributed by atoms with Crippen LogP contribution in [-0.4, -0.2) is 48.1 Å². The Morgan fingerprint density at radius 1 is 0.857 bits per heavy atom. The fourth-order valence-corrected chi connectivity index (χ4v) is 4.17. The van der Waals surface area contributed by atoms with Crippen LogP contribution in [0, 0.1) is 0 Å². The van der Waals surface area contributed by atoms with Crippen molar-refractivity contribution >= 4 is 40.8 Å². The Kier molecular flexibility index (Phi) is 6.07. The number of hydrogen-bond acceptors (Lipinski definition) is 5. The van der Waals surface area contributed by atoms with E-state index >= 15 is 0 Å². The Hall–Kier alpha value is -1.79. The molecule has 0 amide bonds. The van der Waals surface area contributed by atoms with Crippen molar-refractivity contribution in [2.75, 3.05) is 38.1 Å². The molecule has 2 heterocycles. The van der Waals surface area contributed by atoms with Gasteiger partial charge in [-0.15, -0.1) is 0 Å². The number of halogens is 2. The number of hydrogen-bond donors (Lipinski definition) is 0. The van der Waals surface area contributed by atoms with Crippen molar-refractivity contribution in [3.63, 3.8) is 0 Å². The van der Waals surface area contributed by atoms with Gasteiger partial charge in [-0.05, 0) is 43.4 Å². The van der Waals surface area contributed by atoms with Crippen LogP contribution in [0.15, 0.2) is 64.5 Å². The Labute approximate surface area is 179 Å². The standard InChI is InChI=1S/C21H20Cl2N4S/c1-26-9-11-27(12-10-26)19-14-20(28-18-7-5-16(22)6-8-18)25-21(24-19)15-3-2-4-17(23)13-15/h2-8,13-14H,9-12H2,1H3. The highest BCUT2D eigenvalue weighted by Gasteiger charge is 2.18. The fraction of sp³-hybridized carbons (Fsp3) is 0.238. The summed E-state index contributed by atoms with van der Waals surface area (Å²) in [6.07, 6.45) is 0. The lowest BCUT2D eigenvalue weighted by atomic mass is 10.2. The molecule has 28 heavy (non-hydrogen) atoms. The van der Waals surface area contributed by atoms with Gasteiger partial charge in [0.25, 0.3) is 0 Å². The quantitative estimate of drug-likeness (QED) is 0.520. The average Bonchev–Trinajstić information content (AvgIpc) is 2.70. The molecule has 4 nitrogen and oxygen atoms in total. The van der Waals surface area contributed by atoms with Crippen LogP contribution >= 0.6 is 35.0 Å². The summed E-state index contributed by atoms with van der Waals surface area (Å²) >= 11 is 13.8. The van der Waals surface area contributed by atoms with Crippen molar-refractivity contribution < 1.29 is 0 Å². The maximum atomic E-state index is 6.19. The van der Waals surface area contributed by atoms with Crippen molar-refractivity contribution in [2.45, 2.75) is 9.92 Å². The fourth-order valence-electron chi connectivity index (χ4n) is 3.04. The van der Waals surface area contributed by atoms with E-state index < -0.39 is 0 Å². The van der Waals surface area contributed by atoms with E-state index in [0.29, 0.717) is 10.8 Å². The Morgan fingerprint density at radius 3 is 2.32 bits per heavy atom. The molecule has 0 bridgehead atoms. The Morgan fingerprint density at radius 2 is 1.61 bits per heavy atom. The summed E-state index contributed by atoms with van der Waals surface area (Å²) < 4.78 is 0. The second-order valence-electron chi connectivity index (χ2n) is 6.74. The molecule has 1 aliphatic heterocycles. The molecule has 0 spiro atoms. The van der Waals surface area contributed by atoms with Crippen LogP contribution in [0.1, 0.15) is 0 Å². The van der Waals surface area contributed by atoms with E-state index in [0.717, 1.165) is 52.5 Å². The third-order valence-corrected chi connectivity index (χ3v) is 6.05. The summed E-state index contributed by atoms with van der Waals surface area (Å²) in [4.78, 5) is 15.4. The first-order valence-electron chi connectivity index (χ1n) is 9.09. The molecule has 1 saturated heterocycles. The smallest absolute Gasteiger partial charge is 0.162 e. The molecule has 1 fully saturated rings. The lowest BCUT2D eigenvalue weighted by Crippen LogP contribution is -2.44. The van der Waals surface area contributed by atoms with Gasteiger partial charge in [-0.3, -0.25) is 0 Å². The highest BCUT2D eigenvalue weighted by Crippen LogP contribution is 2.32. The van der Waals surface area contributed by atoms with Crippen LogP contribution in [0.25, 0.3) is 11.4 Å². The van der Waals surface area contributed by atoms with Crippen LogP contribution in [0.2, 0.25) is 10.0 Å². The normalized spacial score (nSPS) is 15.0. The minimum absolute atomic E-state index is 0.679. The molecule has 1 aromatic heterocycles. The Bertz CT molecular complexity index is 957. The van der Waals surface area contributed by atoms with E-state index in [4.69, 9.17) is 33.2 Å². The van der Waals surface area contributed by atoms with E-state index in [2.05, 4.69) is 22.9 Å². The molecule has 4 rings (SSSR count). The lowest BCUT2D eigenvalue weighted by Gasteiger charge is -2.33. The van der Waals surface area contributed by atoms with Crippen LogP contribution < -0.4 is 4.90 Å². The number of likely N-dealkylation sites (N-methyl/N-ethyl adjacent to an activating group) is 1. The monoisotopic (exact) mass is 430 g/mol. The second-order valence-corrected chi connectivity index (χ2v) is 8.71. The number of anilines is 1. The van der Waals surface area contributed by atoms with Gasteiger partial charge in [-0.25, -0.2) is 9.97 Å². The summed E-state index contributed by atoms with van der Waals surface area (Å²) in [5.41, 5.74) is 0.918. The van der Waals surface area contributed by atoms with Crippen molar-refractivity contribution in [3.05, 3.63) is 64.6 Å². The predicted octanol–water partition coefficient (Wildman–Crippen LogP) is 5.35. The van der Waals surface area contributed by atoms with E-state index in [1.165, 1.54) is 0 Å². The zero-order valence-electron chi connectivity index (χ0n) is 15.5. The second kappa shape index (κ2) is 8.70. The molecule has 7 heteroatoms. The molecule has 0 saturated carbocycles. The highest BCUT2D eigenvalue weighted by atomic mass is 35.5. The van der Waals surface area contributed by atoms with Crippen LogP contribution in [0.4, 0.5) is 5.82 Å². The molecule has 0 aliphatic carbocycles. The molecular weight excluding hydrogens is 411 g/mol. The minimum Gasteiger partial charge on any atom is -0.354 e. The van der Waals surface area contributed by atoms with E-state index in [-0.39, 0.29) is 0 Å². The summed E-state index contributed by atoms with van der Waals surface area (Å²) in [6.45, 7) is 3.95. The van der Waals surface area contributed by atoms with Gasteiger partial charge in [0.15, 0.2) is 5.82 Å². The molecule has 1 aliphatic rings. The molecular formula is C21H20Cl2N4S. The molecule has 0 N–H and O–H groups in total. The maximum absolute atomic E-state index is 6.19. The molecule has 0 radical (unpaired) electrons. The van der Waals surface area contributed by atoms with Gasteiger partial charge in [-0.2, -0.15) is 0 Å². The third-order valence-electron chi connectivity index (χ3n) is 4.64. The average molecular weight is 431 g/mol. The SMILES string of the molecule is CN1CCN(c2cc(Sc3ccc(Cl)cc3)nc(-c3cccc(Cl)c3)n2)CC1. The molecule has 2 aromatic carbocycles. The summed E-state index contributed by atoms with van der Waals surface area (Å²) in [7, 11) is 2.15. The van der Waals surface area contributed by atoms with Crippen LogP contribution in [0.5, 0.6) is 0 Å². The van der Waals surface area contributed by atoms with Crippen molar-refractivity contribution in [2.24, 2.45) is 0 Å². The van der Waals surface area contributed by atoms with E-state index in [1.54, 1.807) is 11.8 Å². The zero-order valence-corrected chi connectivity index (χ0v) is 17.8. The number of piperazine rings is 1. The largest absolute Gasteiger partial charge is 0.354 e. The Balaban J connectivity index is 1.70. The van der Waals surface area contributed by atoms with Crippen LogP contribution in [0.3, 0.4) is 0 Å². The minimum atomic E-state index is 0.679. The number of nitrogens with zero attached hydrogens (tertiary/aromatic N) is 4. The van der Waals surface area contributed by atoms with Crippen molar-refractivity contribution in [1.82, 2.24) is 14.9 Å². The first kappa shape index (κ1) is 19.5. The zero-order chi connectivity index (χ0) is 19.5. The number of benzene rings is 2. The summed E-state index contributed by atoms with van der Waals surface area (Å²) in [5, 5.41) is 2.31. The van der Waals surface area contributed by atoms with E-state index in [1.807, 2.05) is 48.5 Å². The highest BCUT2D eigenvalue weighted by molar-refractivity contribution is 7.99. The van der Waals surface area contributed by atoms with Crippen LogP contribution in [-0.2, 0) is 0 Å². The molecule has 144 valence electrons. The van der Waals surface area contributed by atoms with Crippen molar-refractivity contribution in [1.29, 1.82) is 0 Å². The third kappa shape index (κ3) is 4.78. The number of rotatable bonds is 4. The maximum Gasteiger partial charge on any atom is 0.162 e. The first-order chi connectivity index (χ1) is 13.6. The lowest BCUT2D eigenvalue weighted by molar-refractivity contribution is 0.312. The van der Waals surface area contributed by atoms with E-state index in [9.17, 15) is 0 Å². The summed E-state index contributed by atoms with van der Waals surface area (Å²) in [6, 6.07) is 17.5. The summed E-state index contributed by atoms with van der Waals surface area (Å²) in [5.74, 6) is 1.64. The first-order valence-corrected chi connectivity index (χ1v) is 10.7. The van der Waals surface area contributed by atoms with Crippen molar-refractivity contribution in [3.8, 4) is 11.4 Å².